The highest BCUT2D eigenvalue weighted by Crippen LogP contribution is 2.79. The lowest BCUT2D eigenvalue weighted by Gasteiger charge is -2.11. The van der Waals surface area contributed by atoms with E-state index in [2.05, 4.69) is 42.5 Å². The van der Waals surface area contributed by atoms with E-state index in [1.807, 2.05) is 0 Å². The van der Waals surface area contributed by atoms with Gasteiger partial charge in [-0.3, -0.25) is 0 Å². The van der Waals surface area contributed by atoms with Crippen molar-refractivity contribution in [3.63, 3.8) is 0 Å². The molecule has 66 valence electrons. The van der Waals surface area contributed by atoms with E-state index in [1.165, 1.54) is 11.1 Å². The van der Waals surface area contributed by atoms with Crippen LogP contribution in [0, 0.1) is 22.7 Å². The predicted octanol–water partition coefficient (Wildman–Crippen LogP) is 2.58. The standard InChI is InChI=1S/C13H9N/c14-7-13-10-5-6-11(13)12(13)9-4-2-1-3-8(9)10/h1-6,10-12H. The second kappa shape index (κ2) is 1.79. The lowest BCUT2D eigenvalue weighted by atomic mass is 9.90. The van der Waals surface area contributed by atoms with Gasteiger partial charge in [0, 0.05) is 17.8 Å². The van der Waals surface area contributed by atoms with Crippen molar-refractivity contribution in [1.29, 1.82) is 5.26 Å². The molecule has 14 heavy (non-hydrogen) atoms. The van der Waals surface area contributed by atoms with E-state index in [-0.39, 0.29) is 5.41 Å². The normalized spacial score (nSPS) is 44.4. The molecule has 0 amide bonds. The van der Waals surface area contributed by atoms with Gasteiger partial charge in [-0.25, -0.2) is 0 Å². The van der Waals surface area contributed by atoms with E-state index in [1.54, 1.807) is 0 Å². The Morgan fingerprint density at radius 2 is 1.93 bits per heavy atom. The van der Waals surface area contributed by atoms with Crippen LogP contribution in [-0.2, 0) is 0 Å². The lowest BCUT2D eigenvalue weighted by molar-refractivity contribution is 0.600. The van der Waals surface area contributed by atoms with Crippen molar-refractivity contribution in [2.24, 2.45) is 11.3 Å². The molecular weight excluding hydrogens is 170 g/mol. The molecule has 0 aromatic heterocycles. The Balaban J connectivity index is 2.05. The van der Waals surface area contributed by atoms with Crippen LogP contribution in [0.25, 0.3) is 0 Å². The SMILES string of the molecule is N#CC12C3C=CC1C2c1ccccc13. The van der Waals surface area contributed by atoms with E-state index < -0.39 is 0 Å². The second-order valence-corrected chi connectivity index (χ2v) is 4.54. The Morgan fingerprint density at radius 3 is 2.71 bits per heavy atom. The summed E-state index contributed by atoms with van der Waals surface area (Å²) >= 11 is 0. The average Bonchev–Trinajstić information content (AvgIpc) is 2.67. The fourth-order valence-electron chi connectivity index (χ4n) is 3.60. The largest absolute Gasteiger partial charge is 0.198 e. The van der Waals surface area contributed by atoms with Crippen LogP contribution in [0.4, 0.5) is 0 Å². The minimum Gasteiger partial charge on any atom is -0.198 e. The maximum Gasteiger partial charge on any atom is 0.0820 e. The molecule has 0 bridgehead atoms. The minimum absolute atomic E-state index is 0.0658. The zero-order chi connectivity index (χ0) is 9.34. The number of nitriles is 1. The average molecular weight is 179 g/mol. The summed E-state index contributed by atoms with van der Waals surface area (Å²) in [6, 6.07) is 11.1. The molecule has 0 heterocycles. The van der Waals surface area contributed by atoms with Gasteiger partial charge in [0.05, 0.1) is 11.5 Å². The van der Waals surface area contributed by atoms with Crippen LogP contribution in [0.2, 0.25) is 0 Å². The Morgan fingerprint density at radius 1 is 1.14 bits per heavy atom. The number of rotatable bonds is 0. The Kier molecular flexibility index (Phi) is 0.873. The quantitative estimate of drug-likeness (QED) is 0.561. The second-order valence-electron chi connectivity index (χ2n) is 4.54. The van der Waals surface area contributed by atoms with Crippen LogP contribution in [-0.4, -0.2) is 0 Å². The molecule has 4 unspecified atom stereocenters. The van der Waals surface area contributed by atoms with E-state index in [0.29, 0.717) is 17.8 Å². The van der Waals surface area contributed by atoms with Crippen LogP contribution in [0.15, 0.2) is 36.4 Å². The third-order valence-electron chi connectivity index (χ3n) is 4.20. The number of hydrogen-bond donors (Lipinski definition) is 0. The molecule has 0 aliphatic heterocycles. The smallest absolute Gasteiger partial charge is 0.0820 e. The van der Waals surface area contributed by atoms with E-state index >= 15 is 0 Å². The van der Waals surface area contributed by atoms with Gasteiger partial charge in [-0.15, -0.1) is 0 Å². The first-order valence-corrected chi connectivity index (χ1v) is 5.08. The van der Waals surface area contributed by atoms with Crippen LogP contribution >= 0.6 is 0 Å². The van der Waals surface area contributed by atoms with Gasteiger partial charge in [0.25, 0.3) is 0 Å². The van der Waals surface area contributed by atoms with Crippen molar-refractivity contribution in [2.45, 2.75) is 11.8 Å². The molecule has 0 saturated heterocycles. The first kappa shape index (κ1) is 6.84. The van der Waals surface area contributed by atoms with Crippen molar-refractivity contribution in [3.8, 4) is 6.07 Å². The maximum absolute atomic E-state index is 9.33. The highest BCUT2D eigenvalue weighted by Gasteiger charge is 2.74. The van der Waals surface area contributed by atoms with Gasteiger partial charge in [0.15, 0.2) is 0 Å². The Labute approximate surface area is 82.7 Å². The molecule has 1 fully saturated rings. The van der Waals surface area contributed by atoms with Gasteiger partial charge < -0.3 is 0 Å². The lowest BCUT2D eigenvalue weighted by Crippen LogP contribution is -2.05. The molecule has 0 N–H and O–H groups in total. The fourth-order valence-corrected chi connectivity index (χ4v) is 3.60. The van der Waals surface area contributed by atoms with Gasteiger partial charge in [-0.1, -0.05) is 36.4 Å². The van der Waals surface area contributed by atoms with Crippen LogP contribution in [0.3, 0.4) is 0 Å². The zero-order valence-electron chi connectivity index (χ0n) is 7.64. The van der Waals surface area contributed by atoms with Crippen LogP contribution in [0.1, 0.15) is 23.0 Å². The van der Waals surface area contributed by atoms with E-state index in [9.17, 15) is 5.26 Å². The van der Waals surface area contributed by atoms with Crippen molar-refractivity contribution in [2.75, 3.05) is 0 Å². The van der Waals surface area contributed by atoms with Gasteiger partial charge in [-0.2, -0.15) is 5.26 Å². The van der Waals surface area contributed by atoms with Crippen molar-refractivity contribution >= 4 is 0 Å². The van der Waals surface area contributed by atoms with E-state index in [0.717, 1.165) is 0 Å². The zero-order valence-corrected chi connectivity index (χ0v) is 7.64. The molecular formula is C13H9N. The topological polar surface area (TPSA) is 23.8 Å². The molecule has 0 spiro atoms. The summed E-state index contributed by atoms with van der Waals surface area (Å²) in [5.41, 5.74) is 2.75. The third kappa shape index (κ3) is 0.452. The van der Waals surface area contributed by atoms with E-state index in [4.69, 9.17) is 0 Å². The summed E-state index contributed by atoms with van der Waals surface area (Å²) in [5, 5.41) is 9.33. The highest BCUT2D eigenvalue weighted by atomic mass is 14.8. The first-order valence-electron chi connectivity index (χ1n) is 5.08. The van der Waals surface area contributed by atoms with Crippen molar-refractivity contribution in [3.05, 3.63) is 47.5 Å². The number of fused-ring (bicyclic) bond motifs is 4. The summed E-state index contributed by atoms with van der Waals surface area (Å²) in [7, 11) is 0. The number of benzene rings is 1. The van der Waals surface area contributed by atoms with Gasteiger partial charge >= 0.3 is 0 Å². The minimum atomic E-state index is -0.0658. The maximum atomic E-state index is 9.33. The predicted molar refractivity (Wildman–Crippen MR) is 52.6 cm³/mol. The van der Waals surface area contributed by atoms with Crippen LogP contribution < -0.4 is 0 Å². The number of allylic oxidation sites excluding steroid dienone is 2. The molecule has 1 aromatic rings. The molecule has 1 nitrogen and oxygen atoms in total. The monoisotopic (exact) mass is 179 g/mol. The van der Waals surface area contributed by atoms with Crippen molar-refractivity contribution < 1.29 is 0 Å². The van der Waals surface area contributed by atoms with Gasteiger partial charge in [-0.05, 0) is 11.1 Å². The summed E-state index contributed by atoms with van der Waals surface area (Å²) in [5.74, 6) is 1.42. The molecule has 1 heteroatoms. The van der Waals surface area contributed by atoms with Gasteiger partial charge in [0.1, 0.15) is 0 Å². The summed E-state index contributed by atoms with van der Waals surface area (Å²) < 4.78 is 0. The fraction of sp³-hybridized carbons (Fsp3) is 0.308. The number of nitrogens with zero attached hydrogens (tertiary/aromatic N) is 1. The molecule has 0 radical (unpaired) electrons. The number of hydrogen-bond acceptors (Lipinski definition) is 1. The highest BCUT2D eigenvalue weighted by molar-refractivity contribution is 5.61. The third-order valence-corrected chi connectivity index (χ3v) is 4.20. The molecule has 1 aromatic carbocycles. The van der Waals surface area contributed by atoms with Gasteiger partial charge in [0.2, 0.25) is 0 Å². The first-order chi connectivity index (χ1) is 6.89. The molecule has 4 rings (SSSR count). The molecule has 3 aliphatic carbocycles. The molecule has 4 atom stereocenters. The Bertz CT molecular complexity index is 508. The Hall–Kier alpha value is -1.55. The summed E-state index contributed by atoms with van der Waals surface area (Å²) in [6.45, 7) is 0. The summed E-state index contributed by atoms with van der Waals surface area (Å²) in [4.78, 5) is 0. The molecule has 1 saturated carbocycles. The summed E-state index contributed by atoms with van der Waals surface area (Å²) in [6.07, 6.45) is 4.48. The van der Waals surface area contributed by atoms with Crippen molar-refractivity contribution in [1.82, 2.24) is 0 Å². The van der Waals surface area contributed by atoms with Crippen LogP contribution in [0.5, 0.6) is 0 Å². The molecule has 3 aliphatic rings.